The summed E-state index contributed by atoms with van der Waals surface area (Å²) in [5, 5.41) is 0. The molecule has 0 aliphatic rings. The molecule has 0 saturated carbocycles. The lowest BCUT2D eigenvalue weighted by Crippen LogP contribution is -1.99. The lowest BCUT2D eigenvalue weighted by molar-refractivity contribution is 0.457. The number of rotatable bonds is 4. The molecule has 0 fully saturated rings. The summed E-state index contributed by atoms with van der Waals surface area (Å²) < 4.78 is 5.85. The minimum absolute atomic E-state index is 0.484. The van der Waals surface area contributed by atoms with Gasteiger partial charge in [-0.3, -0.25) is 0 Å². The summed E-state index contributed by atoms with van der Waals surface area (Å²) in [6, 6.07) is 10.1. The van der Waals surface area contributed by atoms with Crippen molar-refractivity contribution in [3.63, 3.8) is 0 Å². The van der Waals surface area contributed by atoms with E-state index in [0.29, 0.717) is 18.3 Å². The van der Waals surface area contributed by atoms with Gasteiger partial charge >= 0.3 is 0 Å². The summed E-state index contributed by atoms with van der Waals surface area (Å²) in [4.78, 5) is 4.32. The van der Waals surface area contributed by atoms with Crippen LogP contribution in [-0.4, -0.2) is 4.98 Å². The minimum Gasteiger partial charge on any atom is -0.439 e. The van der Waals surface area contributed by atoms with Crippen molar-refractivity contribution in [1.82, 2.24) is 4.98 Å². The first-order valence-electron chi connectivity index (χ1n) is 6.53. The highest BCUT2D eigenvalue weighted by Gasteiger charge is 2.06. The third-order valence-corrected chi connectivity index (χ3v) is 3.06. The molecule has 1 aromatic carbocycles. The van der Waals surface area contributed by atoms with Gasteiger partial charge in [0.1, 0.15) is 5.75 Å². The van der Waals surface area contributed by atoms with E-state index in [9.17, 15) is 0 Å². The largest absolute Gasteiger partial charge is 0.439 e. The number of benzene rings is 1. The second kappa shape index (κ2) is 5.85. The Morgan fingerprint density at radius 1 is 1.26 bits per heavy atom. The Bertz CT molecular complexity index is 564. The molecular weight excluding hydrogens is 236 g/mol. The lowest BCUT2D eigenvalue weighted by atomic mass is 10.0. The van der Waals surface area contributed by atoms with Crippen LogP contribution in [0.25, 0.3) is 0 Å². The van der Waals surface area contributed by atoms with Crippen molar-refractivity contribution in [2.45, 2.75) is 33.2 Å². The van der Waals surface area contributed by atoms with Gasteiger partial charge in [0.05, 0.1) is 0 Å². The third-order valence-electron chi connectivity index (χ3n) is 3.06. The van der Waals surface area contributed by atoms with Gasteiger partial charge in [0.2, 0.25) is 5.88 Å². The minimum atomic E-state index is 0.484. The molecule has 19 heavy (non-hydrogen) atoms. The van der Waals surface area contributed by atoms with Gasteiger partial charge in [0.15, 0.2) is 0 Å². The molecule has 2 rings (SSSR count). The summed E-state index contributed by atoms with van der Waals surface area (Å²) in [7, 11) is 0. The number of hydrogen-bond donors (Lipinski definition) is 1. The number of hydrogen-bond acceptors (Lipinski definition) is 3. The molecule has 2 aromatic rings. The number of pyridine rings is 1. The highest BCUT2D eigenvalue weighted by atomic mass is 16.5. The van der Waals surface area contributed by atoms with E-state index in [1.54, 1.807) is 6.20 Å². The fraction of sp³-hybridized carbons (Fsp3) is 0.312. The van der Waals surface area contributed by atoms with E-state index in [2.05, 4.69) is 31.0 Å². The van der Waals surface area contributed by atoms with E-state index in [1.807, 2.05) is 25.1 Å². The van der Waals surface area contributed by atoms with Gasteiger partial charge in [-0.1, -0.05) is 26.0 Å². The van der Waals surface area contributed by atoms with Crippen LogP contribution in [0, 0.1) is 6.92 Å². The van der Waals surface area contributed by atoms with Crippen LogP contribution < -0.4 is 10.5 Å². The Morgan fingerprint density at radius 3 is 2.68 bits per heavy atom. The zero-order valence-corrected chi connectivity index (χ0v) is 11.7. The predicted octanol–water partition coefficient (Wildman–Crippen LogP) is 3.76. The first kappa shape index (κ1) is 13.6. The smallest absolute Gasteiger partial charge is 0.222 e. The monoisotopic (exact) mass is 256 g/mol. The molecule has 0 atom stereocenters. The Balaban J connectivity index is 2.23. The van der Waals surface area contributed by atoms with Gasteiger partial charge in [-0.15, -0.1) is 0 Å². The lowest BCUT2D eigenvalue weighted by Gasteiger charge is -2.11. The number of nitrogens with two attached hydrogens (primary N) is 1. The first-order valence-corrected chi connectivity index (χ1v) is 6.53. The molecule has 0 amide bonds. The Labute approximate surface area is 114 Å². The van der Waals surface area contributed by atoms with Crippen LogP contribution in [0.2, 0.25) is 0 Å². The topological polar surface area (TPSA) is 48.1 Å². The molecule has 0 spiro atoms. The predicted molar refractivity (Wildman–Crippen MR) is 77.5 cm³/mol. The molecule has 1 heterocycles. The molecule has 2 N–H and O–H groups in total. The Hall–Kier alpha value is -1.87. The van der Waals surface area contributed by atoms with Gasteiger partial charge in [0.25, 0.3) is 0 Å². The second-order valence-electron chi connectivity index (χ2n) is 5.00. The van der Waals surface area contributed by atoms with Crippen molar-refractivity contribution in [1.29, 1.82) is 0 Å². The van der Waals surface area contributed by atoms with Gasteiger partial charge in [-0.25, -0.2) is 4.98 Å². The van der Waals surface area contributed by atoms with Crippen LogP contribution in [0.5, 0.6) is 11.6 Å². The fourth-order valence-corrected chi connectivity index (χ4v) is 1.89. The highest BCUT2D eigenvalue weighted by molar-refractivity contribution is 5.36. The van der Waals surface area contributed by atoms with Gasteiger partial charge < -0.3 is 10.5 Å². The summed E-state index contributed by atoms with van der Waals surface area (Å²) in [5.74, 6) is 1.94. The van der Waals surface area contributed by atoms with Crippen LogP contribution in [-0.2, 0) is 6.54 Å². The van der Waals surface area contributed by atoms with E-state index in [1.165, 1.54) is 5.56 Å². The number of ether oxygens (including phenoxy) is 1. The third kappa shape index (κ3) is 3.32. The van der Waals surface area contributed by atoms with Crippen LogP contribution in [0.3, 0.4) is 0 Å². The quantitative estimate of drug-likeness (QED) is 0.906. The van der Waals surface area contributed by atoms with Gasteiger partial charge in [0, 0.05) is 18.3 Å². The van der Waals surface area contributed by atoms with E-state index in [0.717, 1.165) is 16.9 Å². The standard InChI is InChI=1S/C16H20N2O/c1-11(2)14-5-4-6-15(8-14)19-16-12(3)7-13(9-17)10-18-16/h4-8,10-11H,9,17H2,1-3H3. The van der Waals surface area contributed by atoms with E-state index in [-0.39, 0.29) is 0 Å². The molecule has 0 radical (unpaired) electrons. The summed E-state index contributed by atoms with van der Waals surface area (Å²) in [5.41, 5.74) is 8.86. The van der Waals surface area contributed by atoms with Gasteiger partial charge in [-0.05, 0) is 42.2 Å². The van der Waals surface area contributed by atoms with E-state index in [4.69, 9.17) is 10.5 Å². The van der Waals surface area contributed by atoms with Gasteiger partial charge in [-0.2, -0.15) is 0 Å². The molecular formula is C16H20N2O. The molecule has 0 bridgehead atoms. The van der Waals surface area contributed by atoms with E-state index >= 15 is 0 Å². The average Bonchev–Trinajstić information content (AvgIpc) is 2.41. The van der Waals surface area contributed by atoms with Crippen molar-refractivity contribution in [2.75, 3.05) is 0 Å². The number of aryl methyl sites for hydroxylation is 1. The maximum Gasteiger partial charge on any atom is 0.222 e. The molecule has 3 heteroatoms. The molecule has 0 unspecified atom stereocenters. The zero-order valence-electron chi connectivity index (χ0n) is 11.7. The summed E-state index contributed by atoms with van der Waals surface area (Å²) in [6.07, 6.45) is 1.76. The van der Waals surface area contributed by atoms with Crippen LogP contribution in [0.15, 0.2) is 36.5 Å². The first-order chi connectivity index (χ1) is 9.10. The van der Waals surface area contributed by atoms with Crippen molar-refractivity contribution in [3.8, 4) is 11.6 Å². The maximum atomic E-state index is 5.85. The molecule has 0 saturated heterocycles. The van der Waals surface area contributed by atoms with Crippen LogP contribution >= 0.6 is 0 Å². The van der Waals surface area contributed by atoms with Crippen LogP contribution in [0.1, 0.15) is 36.5 Å². The fourth-order valence-electron chi connectivity index (χ4n) is 1.89. The van der Waals surface area contributed by atoms with Crippen molar-refractivity contribution >= 4 is 0 Å². The summed E-state index contributed by atoms with van der Waals surface area (Å²) >= 11 is 0. The molecule has 100 valence electrons. The maximum absolute atomic E-state index is 5.85. The normalized spacial score (nSPS) is 10.8. The Morgan fingerprint density at radius 2 is 2.05 bits per heavy atom. The molecule has 1 aromatic heterocycles. The highest BCUT2D eigenvalue weighted by Crippen LogP contribution is 2.26. The van der Waals surface area contributed by atoms with Crippen molar-refractivity contribution < 1.29 is 4.74 Å². The van der Waals surface area contributed by atoms with Crippen molar-refractivity contribution in [3.05, 3.63) is 53.2 Å². The second-order valence-corrected chi connectivity index (χ2v) is 5.00. The van der Waals surface area contributed by atoms with Crippen LogP contribution in [0.4, 0.5) is 0 Å². The summed E-state index contributed by atoms with van der Waals surface area (Å²) in [6.45, 7) is 6.81. The molecule has 3 nitrogen and oxygen atoms in total. The average molecular weight is 256 g/mol. The zero-order chi connectivity index (χ0) is 13.8. The number of nitrogens with zero attached hydrogens (tertiary/aromatic N) is 1. The SMILES string of the molecule is Cc1cc(CN)cnc1Oc1cccc(C(C)C)c1. The van der Waals surface area contributed by atoms with E-state index < -0.39 is 0 Å². The molecule has 0 aliphatic heterocycles. The Kier molecular flexibility index (Phi) is 4.17. The van der Waals surface area contributed by atoms with Crippen molar-refractivity contribution in [2.24, 2.45) is 5.73 Å². The molecule has 0 aliphatic carbocycles. The number of aromatic nitrogens is 1.